The van der Waals surface area contributed by atoms with Crippen LogP contribution in [0.25, 0.3) is 0 Å². The van der Waals surface area contributed by atoms with Crippen LogP contribution in [0.4, 0.5) is 17.1 Å². The Kier molecular flexibility index (Phi) is 6.40. The average molecular weight is 448 g/mol. The lowest BCUT2D eigenvalue weighted by atomic mass is 10.1. The zero-order valence-electron chi connectivity index (χ0n) is 17.8. The molecule has 31 heavy (non-hydrogen) atoms. The van der Waals surface area contributed by atoms with Gasteiger partial charge in [-0.25, -0.2) is 8.42 Å². The minimum absolute atomic E-state index is 0.0699. The van der Waals surface area contributed by atoms with E-state index in [4.69, 9.17) is 9.47 Å². The van der Waals surface area contributed by atoms with Gasteiger partial charge in [0.2, 0.25) is 21.8 Å². The maximum absolute atomic E-state index is 12.8. The van der Waals surface area contributed by atoms with Gasteiger partial charge in [-0.05, 0) is 36.8 Å². The molecule has 0 bridgehead atoms. The summed E-state index contributed by atoms with van der Waals surface area (Å²) in [5, 5.41) is 2.77. The number of nitrogens with one attached hydrogen (secondary N) is 2. The molecule has 1 saturated heterocycles. The first-order valence-electron chi connectivity index (χ1n) is 9.53. The fraction of sp³-hybridized carbons (Fsp3) is 0.333. The second kappa shape index (κ2) is 8.84. The summed E-state index contributed by atoms with van der Waals surface area (Å²) in [7, 11) is -0.409. The highest BCUT2D eigenvalue weighted by molar-refractivity contribution is 7.92. The Morgan fingerprint density at radius 3 is 2.45 bits per heavy atom. The predicted octanol–water partition coefficient (Wildman–Crippen LogP) is 2.38. The Labute approximate surface area is 181 Å². The molecule has 0 radical (unpaired) electrons. The predicted molar refractivity (Wildman–Crippen MR) is 118 cm³/mol. The quantitative estimate of drug-likeness (QED) is 0.674. The zero-order chi connectivity index (χ0) is 22.8. The van der Waals surface area contributed by atoms with Crippen LogP contribution in [0.2, 0.25) is 0 Å². The van der Waals surface area contributed by atoms with Crippen molar-refractivity contribution in [2.75, 3.05) is 42.0 Å². The SMILES string of the molecule is COc1ccc(N2CC(C(=O)Nc3ccc(C)c(NS(C)(=O)=O)c3)CC2=O)cc1OC. The molecule has 1 unspecified atom stereocenters. The third kappa shape index (κ3) is 5.26. The number of rotatable bonds is 7. The Bertz CT molecular complexity index is 1120. The highest BCUT2D eigenvalue weighted by Crippen LogP contribution is 2.34. The van der Waals surface area contributed by atoms with Crippen molar-refractivity contribution < 1.29 is 27.5 Å². The van der Waals surface area contributed by atoms with Crippen molar-refractivity contribution in [1.82, 2.24) is 0 Å². The third-order valence-electron chi connectivity index (χ3n) is 4.98. The molecule has 1 aliphatic heterocycles. The molecule has 0 aromatic heterocycles. The zero-order valence-corrected chi connectivity index (χ0v) is 18.6. The lowest BCUT2D eigenvalue weighted by molar-refractivity contribution is -0.122. The Balaban J connectivity index is 1.73. The van der Waals surface area contributed by atoms with Crippen LogP contribution in [-0.4, -0.2) is 47.3 Å². The van der Waals surface area contributed by atoms with E-state index in [0.717, 1.165) is 11.8 Å². The number of anilines is 3. The van der Waals surface area contributed by atoms with Gasteiger partial charge in [0, 0.05) is 30.4 Å². The number of aryl methyl sites for hydroxylation is 1. The summed E-state index contributed by atoms with van der Waals surface area (Å²) in [4.78, 5) is 26.9. The van der Waals surface area contributed by atoms with Crippen molar-refractivity contribution >= 4 is 38.9 Å². The maximum atomic E-state index is 12.8. The smallest absolute Gasteiger partial charge is 0.229 e. The van der Waals surface area contributed by atoms with Crippen molar-refractivity contribution in [2.45, 2.75) is 13.3 Å². The van der Waals surface area contributed by atoms with Gasteiger partial charge in [0.05, 0.1) is 32.1 Å². The summed E-state index contributed by atoms with van der Waals surface area (Å²) in [6.45, 7) is 1.98. The fourth-order valence-corrected chi connectivity index (χ4v) is 4.00. The van der Waals surface area contributed by atoms with E-state index >= 15 is 0 Å². The van der Waals surface area contributed by atoms with E-state index in [1.165, 1.54) is 19.1 Å². The van der Waals surface area contributed by atoms with E-state index in [9.17, 15) is 18.0 Å². The molecule has 1 atom stereocenters. The van der Waals surface area contributed by atoms with Gasteiger partial charge in [-0.1, -0.05) is 6.07 Å². The van der Waals surface area contributed by atoms with E-state index in [-0.39, 0.29) is 24.8 Å². The second-order valence-electron chi connectivity index (χ2n) is 7.34. The standard InChI is InChI=1S/C21H25N3O6S/c1-13-5-6-15(10-17(13)23-31(4,27)28)22-21(26)14-9-20(25)24(12-14)16-7-8-18(29-2)19(11-16)30-3/h5-8,10-11,14,23H,9,12H2,1-4H3,(H,22,26). The lowest BCUT2D eigenvalue weighted by Gasteiger charge is -2.18. The topological polar surface area (TPSA) is 114 Å². The first-order chi connectivity index (χ1) is 14.6. The molecular formula is C21H25N3O6S. The molecule has 3 rings (SSSR count). The number of methoxy groups -OCH3 is 2. The molecule has 2 aromatic carbocycles. The van der Waals surface area contributed by atoms with Crippen molar-refractivity contribution in [1.29, 1.82) is 0 Å². The Morgan fingerprint density at radius 2 is 1.81 bits per heavy atom. The van der Waals surface area contributed by atoms with Crippen LogP contribution in [0, 0.1) is 12.8 Å². The number of hydrogen-bond acceptors (Lipinski definition) is 6. The van der Waals surface area contributed by atoms with Gasteiger partial charge in [0.1, 0.15) is 0 Å². The number of ether oxygens (including phenoxy) is 2. The number of hydrogen-bond donors (Lipinski definition) is 2. The first-order valence-corrected chi connectivity index (χ1v) is 11.4. The second-order valence-corrected chi connectivity index (χ2v) is 9.09. The van der Waals surface area contributed by atoms with Gasteiger partial charge in [-0.2, -0.15) is 0 Å². The van der Waals surface area contributed by atoms with Crippen molar-refractivity contribution in [3.63, 3.8) is 0 Å². The van der Waals surface area contributed by atoms with Crippen LogP contribution in [0.1, 0.15) is 12.0 Å². The third-order valence-corrected chi connectivity index (χ3v) is 5.57. The minimum Gasteiger partial charge on any atom is -0.493 e. The molecule has 1 aliphatic rings. The normalized spacial score (nSPS) is 16.2. The van der Waals surface area contributed by atoms with Gasteiger partial charge in [0.25, 0.3) is 0 Å². The van der Waals surface area contributed by atoms with Crippen LogP contribution in [0.5, 0.6) is 11.5 Å². The van der Waals surface area contributed by atoms with E-state index in [1.807, 2.05) is 0 Å². The van der Waals surface area contributed by atoms with Gasteiger partial charge in [0.15, 0.2) is 11.5 Å². The number of sulfonamides is 1. The molecule has 1 fully saturated rings. The summed E-state index contributed by atoms with van der Waals surface area (Å²) < 4.78 is 36.0. The van der Waals surface area contributed by atoms with E-state index in [2.05, 4.69) is 10.0 Å². The molecule has 2 amide bonds. The van der Waals surface area contributed by atoms with Crippen LogP contribution >= 0.6 is 0 Å². The molecular weight excluding hydrogens is 422 g/mol. The minimum atomic E-state index is -3.45. The number of nitrogens with zero attached hydrogens (tertiary/aromatic N) is 1. The fourth-order valence-electron chi connectivity index (χ4n) is 3.38. The number of benzene rings is 2. The van der Waals surface area contributed by atoms with Crippen LogP contribution in [0.3, 0.4) is 0 Å². The van der Waals surface area contributed by atoms with Crippen LogP contribution < -0.4 is 24.4 Å². The van der Waals surface area contributed by atoms with Crippen LogP contribution in [0.15, 0.2) is 36.4 Å². The monoisotopic (exact) mass is 447 g/mol. The van der Waals surface area contributed by atoms with Gasteiger partial charge >= 0.3 is 0 Å². The number of carbonyl (C=O) groups is 2. The highest BCUT2D eigenvalue weighted by atomic mass is 32.2. The number of amides is 2. The van der Waals surface area contributed by atoms with E-state index in [1.54, 1.807) is 43.3 Å². The maximum Gasteiger partial charge on any atom is 0.229 e. The summed E-state index contributed by atoms with van der Waals surface area (Å²) in [5.74, 6) is 0.00531. The molecule has 0 saturated carbocycles. The van der Waals surface area contributed by atoms with Crippen molar-refractivity contribution in [3.8, 4) is 11.5 Å². The molecule has 166 valence electrons. The first kappa shape index (κ1) is 22.4. The summed E-state index contributed by atoms with van der Waals surface area (Å²) in [6.07, 6.45) is 1.13. The van der Waals surface area contributed by atoms with Gasteiger partial charge < -0.3 is 19.7 Å². The number of carbonyl (C=O) groups excluding carboxylic acids is 2. The molecule has 0 spiro atoms. The largest absolute Gasteiger partial charge is 0.493 e. The van der Waals surface area contributed by atoms with E-state index < -0.39 is 15.9 Å². The molecule has 2 aromatic rings. The highest BCUT2D eigenvalue weighted by Gasteiger charge is 2.35. The summed E-state index contributed by atoms with van der Waals surface area (Å²) in [6, 6.07) is 10.1. The molecule has 9 nitrogen and oxygen atoms in total. The van der Waals surface area contributed by atoms with E-state index in [0.29, 0.717) is 28.6 Å². The van der Waals surface area contributed by atoms with Crippen molar-refractivity contribution in [2.24, 2.45) is 5.92 Å². The molecule has 2 N–H and O–H groups in total. The van der Waals surface area contributed by atoms with Gasteiger partial charge in [-0.15, -0.1) is 0 Å². The Hall–Kier alpha value is -3.27. The summed E-state index contributed by atoms with van der Waals surface area (Å²) in [5.41, 5.74) is 2.17. The van der Waals surface area contributed by atoms with Crippen LogP contribution in [-0.2, 0) is 19.6 Å². The van der Waals surface area contributed by atoms with Crippen molar-refractivity contribution in [3.05, 3.63) is 42.0 Å². The lowest BCUT2D eigenvalue weighted by Crippen LogP contribution is -2.28. The molecule has 10 heteroatoms. The average Bonchev–Trinajstić information content (AvgIpc) is 3.10. The molecule has 1 heterocycles. The Morgan fingerprint density at radius 1 is 1.10 bits per heavy atom. The van der Waals surface area contributed by atoms with Gasteiger partial charge in [-0.3, -0.25) is 14.3 Å². The summed E-state index contributed by atoms with van der Waals surface area (Å²) >= 11 is 0. The molecule has 0 aliphatic carbocycles.